The molecule has 1 aromatic rings. The molecule has 0 aliphatic rings. The van der Waals surface area contributed by atoms with Gasteiger partial charge in [0.2, 0.25) is 0 Å². The van der Waals surface area contributed by atoms with Gasteiger partial charge >= 0.3 is 0 Å². The summed E-state index contributed by atoms with van der Waals surface area (Å²) in [4.78, 5) is 0. The van der Waals surface area contributed by atoms with Gasteiger partial charge in [0.05, 0.1) is 0 Å². The predicted molar refractivity (Wildman–Crippen MR) is 71.3 cm³/mol. The topological polar surface area (TPSA) is 40.5 Å². The van der Waals surface area contributed by atoms with Gasteiger partial charge in [-0.1, -0.05) is 45.0 Å². The van der Waals surface area contributed by atoms with E-state index in [-0.39, 0.29) is 24.5 Å². The maximum atomic E-state index is 9.03. The lowest BCUT2D eigenvalue weighted by atomic mass is 9.84. The lowest BCUT2D eigenvalue weighted by Gasteiger charge is -2.21. The zero-order valence-corrected chi connectivity index (χ0v) is 11.1. The van der Waals surface area contributed by atoms with Gasteiger partial charge in [-0.3, -0.25) is 0 Å². The molecule has 0 aliphatic carbocycles. The van der Waals surface area contributed by atoms with Crippen molar-refractivity contribution in [3.05, 3.63) is 35.4 Å². The quantitative estimate of drug-likeness (QED) is 0.825. The van der Waals surface area contributed by atoms with Crippen molar-refractivity contribution < 1.29 is 10.2 Å². The van der Waals surface area contributed by atoms with Crippen LogP contribution in [-0.4, -0.2) is 23.4 Å². The fraction of sp³-hybridized carbons (Fsp3) is 0.600. The third kappa shape index (κ3) is 4.14. The van der Waals surface area contributed by atoms with E-state index in [1.807, 2.05) is 0 Å². The lowest BCUT2D eigenvalue weighted by Crippen LogP contribution is -2.11. The molecule has 1 rings (SSSR count). The highest BCUT2D eigenvalue weighted by Gasteiger charge is 2.15. The summed E-state index contributed by atoms with van der Waals surface area (Å²) in [6.45, 7) is 6.93. The summed E-state index contributed by atoms with van der Waals surface area (Å²) in [5.41, 5.74) is 2.69. The van der Waals surface area contributed by atoms with Crippen LogP contribution in [0.4, 0.5) is 0 Å². The first-order valence-corrected chi connectivity index (χ1v) is 6.31. The third-order valence-electron chi connectivity index (χ3n) is 3.20. The van der Waals surface area contributed by atoms with Gasteiger partial charge in [0.1, 0.15) is 0 Å². The van der Waals surface area contributed by atoms with Gasteiger partial charge in [0, 0.05) is 13.2 Å². The van der Waals surface area contributed by atoms with Crippen molar-refractivity contribution in [2.24, 2.45) is 0 Å². The molecule has 2 nitrogen and oxygen atoms in total. The molecule has 0 heterocycles. The van der Waals surface area contributed by atoms with Crippen molar-refractivity contribution in [1.82, 2.24) is 0 Å². The second-order valence-corrected chi connectivity index (χ2v) is 5.59. The summed E-state index contributed by atoms with van der Waals surface area (Å²) in [7, 11) is 0. The van der Waals surface area contributed by atoms with Crippen LogP contribution in [0, 0.1) is 0 Å². The summed E-state index contributed by atoms with van der Waals surface area (Å²) in [6, 6.07) is 8.54. The standard InChI is InChI=1S/C15H24O2/c1-15(2,3)14-6-4-12(5-7-14)13(8-10-16)9-11-17/h4-7,13,16-17H,8-11H2,1-3H3. The van der Waals surface area contributed by atoms with E-state index >= 15 is 0 Å². The number of hydrogen-bond acceptors (Lipinski definition) is 2. The van der Waals surface area contributed by atoms with Crippen LogP contribution in [0.3, 0.4) is 0 Å². The molecule has 1 aromatic carbocycles. The average Bonchev–Trinajstić information content (AvgIpc) is 2.28. The molecule has 0 saturated heterocycles. The first kappa shape index (κ1) is 14.2. The van der Waals surface area contributed by atoms with E-state index < -0.39 is 0 Å². The van der Waals surface area contributed by atoms with Crippen LogP contribution in [0.1, 0.15) is 50.7 Å². The monoisotopic (exact) mass is 236 g/mol. The molecule has 0 unspecified atom stereocenters. The van der Waals surface area contributed by atoms with E-state index in [2.05, 4.69) is 45.0 Å². The minimum absolute atomic E-state index is 0.169. The van der Waals surface area contributed by atoms with Crippen LogP contribution in [0.25, 0.3) is 0 Å². The Morgan fingerprint density at radius 2 is 1.41 bits per heavy atom. The molecule has 17 heavy (non-hydrogen) atoms. The molecular weight excluding hydrogens is 212 g/mol. The molecular formula is C15H24O2. The zero-order valence-electron chi connectivity index (χ0n) is 11.1. The number of hydrogen-bond donors (Lipinski definition) is 2. The SMILES string of the molecule is CC(C)(C)c1ccc(C(CCO)CCO)cc1. The fourth-order valence-corrected chi connectivity index (χ4v) is 2.04. The molecule has 2 heteroatoms. The Hall–Kier alpha value is -0.860. The molecule has 0 fully saturated rings. The Kier molecular flexibility index (Phi) is 5.16. The van der Waals surface area contributed by atoms with Crippen LogP contribution >= 0.6 is 0 Å². The van der Waals surface area contributed by atoms with Crippen molar-refractivity contribution in [1.29, 1.82) is 0 Å². The fourth-order valence-electron chi connectivity index (χ4n) is 2.04. The maximum absolute atomic E-state index is 9.03. The first-order chi connectivity index (χ1) is 7.99. The van der Waals surface area contributed by atoms with E-state index in [9.17, 15) is 0 Å². The smallest absolute Gasteiger partial charge is 0.0436 e. The van der Waals surface area contributed by atoms with Crippen molar-refractivity contribution in [3.8, 4) is 0 Å². The highest BCUT2D eigenvalue weighted by Crippen LogP contribution is 2.27. The van der Waals surface area contributed by atoms with E-state index in [0.29, 0.717) is 0 Å². The Bertz CT molecular complexity index is 316. The number of rotatable bonds is 5. The van der Waals surface area contributed by atoms with Crippen LogP contribution in [0.5, 0.6) is 0 Å². The minimum Gasteiger partial charge on any atom is -0.396 e. The van der Waals surface area contributed by atoms with Gasteiger partial charge in [-0.25, -0.2) is 0 Å². The molecule has 0 bridgehead atoms. The Morgan fingerprint density at radius 1 is 0.941 bits per heavy atom. The van der Waals surface area contributed by atoms with Gasteiger partial charge in [-0.2, -0.15) is 0 Å². The Balaban J connectivity index is 2.84. The molecule has 0 aliphatic heterocycles. The van der Waals surface area contributed by atoms with Gasteiger partial charge in [-0.15, -0.1) is 0 Å². The summed E-state index contributed by atoms with van der Waals surface area (Å²) >= 11 is 0. The van der Waals surface area contributed by atoms with E-state index in [4.69, 9.17) is 10.2 Å². The van der Waals surface area contributed by atoms with Crippen molar-refractivity contribution >= 4 is 0 Å². The van der Waals surface area contributed by atoms with Crippen LogP contribution in [0.15, 0.2) is 24.3 Å². The van der Waals surface area contributed by atoms with Gasteiger partial charge < -0.3 is 10.2 Å². The second kappa shape index (κ2) is 6.18. The van der Waals surface area contributed by atoms with Crippen LogP contribution in [-0.2, 0) is 5.41 Å². The molecule has 2 N–H and O–H groups in total. The number of benzene rings is 1. The summed E-state index contributed by atoms with van der Waals surface area (Å²) in [5, 5.41) is 18.1. The van der Waals surface area contributed by atoms with Gasteiger partial charge in [0.25, 0.3) is 0 Å². The molecule has 96 valence electrons. The predicted octanol–water partition coefficient (Wildman–Crippen LogP) is 2.83. The molecule has 0 spiro atoms. The number of aliphatic hydroxyl groups is 2. The largest absolute Gasteiger partial charge is 0.396 e. The highest BCUT2D eigenvalue weighted by molar-refractivity contribution is 5.29. The third-order valence-corrected chi connectivity index (χ3v) is 3.20. The summed E-state index contributed by atoms with van der Waals surface area (Å²) in [5.74, 6) is 0.263. The molecule has 0 amide bonds. The van der Waals surface area contributed by atoms with E-state index in [1.165, 1.54) is 11.1 Å². The minimum atomic E-state index is 0.169. The highest BCUT2D eigenvalue weighted by atomic mass is 16.3. The van der Waals surface area contributed by atoms with Crippen molar-refractivity contribution in [2.45, 2.75) is 44.9 Å². The summed E-state index contributed by atoms with van der Waals surface area (Å²) in [6.07, 6.45) is 1.44. The van der Waals surface area contributed by atoms with Crippen LogP contribution in [0.2, 0.25) is 0 Å². The van der Waals surface area contributed by atoms with E-state index in [1.54, 1.807) is 0 Å². The maximum Gasteiger partial charge on any atom is 0.0436 e. The second-order valence-electron chi connectivity index (χ2n) is 5.59. The Labute approximate surface area is 104 Å². The van der Waals surface area contributed by atoms with Crippen LogP contribution < -0.4 is 0 Å². The number of aliphatic hydroxyl groups excluding tert-OH is 2. The lowest BCUT2D eigenvalue weighted by molar-refractivity contribution is 0.242. The van der Waals surface area contributed by atoms with Crippen molar-refractivity contribution in [3.63, 3.8) is 0 Å². The van der Waals surface area contributed by atoms with E-state index in [0.717, 1.165) is 12.8 Å². The normalized spacial score (nSPS) is 12.1. The van der Waals surface area contributed by atoms with Gasteiger partial charge in [-0.05, 0) is 35.3 Å². The van der Waals surface area contributed by atoms with Crippen molar-refractivity contribution in [2.75, 3.05) is 13.2 Å². The average molecular weight is 236 g/mol. The molecule has 0 saturated carbocycles. The zero-order chi connectivity index (χ0) is 12.9. The molecule has 0 aromatic heterocycles. The summed E-state index contributed by atoms with van der Waals surface area (Å²) < 4.78 is 0. The molecule has 0 radical (unpaired) electrons. The first-order valence-electron chi connectivity index (χ1n) is 6.31. The molecule has 0 atom stereocenters. The Morgan fingerprint density at radius 3 is 1.76 bits per heavy atom. The van der Waals surface area contributed by atoms with Gasteiger partial charge in [0.15, 0.2) is 0 Å².